The predicted octanol–water partition coefficient (Wildman–Crippen LogP) is 2.51. The minimum Gasteiger partial charge on any atom is -0.352 e. The van der Waals surface area contributed by atoms with Gasteiger partial charge in [0.05, 0.1) is 0 Å². The third-order valence-electron chi connectivity index (χ3n) is 3.95. The predicted molar refractivity (Wildman–Crippen MR) is 82.4 cm³/mol. The maximum Gasteiger partial charge on any atom is 0.243 e. The molecule has 1 aliphatic rings. The van der Waals surface area contributed by atoms with E-state index in [-0.39, 0.29) is 5.91 Å². The first-order chi connectivity index (χ1) is 9.67. The molecule has 0 aromatic heterocycles. The number of rotatable bonds is 5. The van der Waals surface area contributed by atoms with Gasteiger partial charge in [0.15, 0.2) is 0 Å². The molecule has 0 spiro atoms. The first-order valence-electron chi connectivity index (χ1n) is 7.35. The van der Waals surface area contributed by atoms with Crippen molar-refractivity contribution in [1.82, 2.24) is 10.2 Å². The molecule has 3 nitrogen and oxygen atoms in total. The summed E-state index contributed by atoms with van der Waals surface area (Å²) in [6.45, 7) is 9.65. The molecule has 3 heteroatoms. The summed E-state index contributed by atoms with van der Waals surface area (Å²) in [6.07, 6.45) is 3.65. The van der Waals surface area contributed by atoms with E-state index >= 15 is 0 Å². The molecule has 1 fully saturated rings. The Hall–Kier alpha value is -1.61. The first kappa shape index (κ1) is 14.8. The van der Waals surface area contributed by atoms with E-state index in [1.54, 1.807) is 0 Å². The van der Waals surface area contributed by atoms with Gasteiger partial charge in [-0.15, -0.1) is 0 Å². The average Bonchev–Trinajstić information content (AvgIpc) is 2.46. The van der Waals surface area contributed by atoms with Crippen molar-refractivity contribution in [3.8, 4) is 0 Å². The maximum absolute atomic E-state index is 11.2. The summed E-state index contributed by atoms with van der Waals surface area (Å²) < 4.78 is 0. The van der Waals surface area contributed by atoms with Crippen LogP contribution in [0.25, 0.3) is 0 Å². The van der Waals surface area contributed by atoms with Crippen molar-refractivity contribution in [2.75, 3.05) is 19.6 Å². The minimum atomic E-state index is -0.0628. The lowest BCUT2D eigenvalue weighted by Crippen LogP contribution is -2.37. The maximum atomic E-state index is 11.2. The number of amides is 1. The molecular formula is C17H24N2O. The molecule has 1 saturated heterocycles. The molecule has 108 valence electrons. The molecule has 1 aromatic carbocycles. The van der Waals surface area contributed by atoms with Crippen molar-refractivity contribution in [1.29, 1.82) is 0 Å². The van der Waals surface area contributed by atoms with E-state index in [9.17, 15) is 4.79 Å². The molecule has 0 bridgehead atoms. The second kappa shape index (κ2) is 7.25. The minimum absolute atomic E-state index is 0.0628. The molecule has 0 unspecified atom stereocenters. The normalized spacial score (nSPS) is 16.9. The Kier molecular flexibility index (Phi) is 5.36. The number of aryl methyl sites for hydroxylation is 1. The zero-order valence-electron chi connectivity index (χ0n) is 12.3. The summed E-state index contributed by atoms with van der Waals surface area (Å²) in [5.74, 6) is 0.542. The van der Waals surface area contributed by atoms with Gasteiger partial charge in [-0.25, -0.2) is 0 Å². The van der Waals surface area contributed by atoms with Gasteiger partial charge in [-0.05, 0) is 50.4 Å². The lowest BCUT2D eigenvalue weighted by Gasteiger charge is -2.32. The lowest BCUT2D eigenvalue weighted by atomic mass is 9.96. The molecule has 0 aliphatic carbocycles. The number of benzene rings is 1. The zero-order chi connectivity index (χ0) is 14.4. The van der Waals surface area contributed by atoms with Crippen molar-refractivity contribution in [3.63, 3.8) is 0 Å². The lowest BCUT2D eigenvalue weighted by molar-refractivity contribution is -0.116. The first-order valence-corrected chi connectivity index (χ1v) is 7.35. The van der Waals surface area contributed by atoms with Crippen LogP contribution in [0.15, 0.2) is 36.9 Å². The zero-order valence-corrected chi connectivity index (χ0v) is 12.3. The number of carbonyl (C=O) groups is 1. The van der Waals surface area contributed by atoms with E-state index in [1.807, 2.05) is 0 Å². The van der Waals surface area contributed by atoms with Gasteiger partial charge in [0.25, 0.3) is 0 Å². The number of hydrogen-bond donors (Lipinski definition) is 1. The van der Waals surface area contributed by atoms with Crippen LogP contribution in [0.1, 0.15) is 24.0 Å². The molecule has 20 heavy (non-hydrogen) atoms. The van der Waals surface area contributed by atoms with Gasteiger partial charge in [-0.1, -0.05) is 36.4 Å². The fourth-order valence-corrected chi connectivity index (χ4v) is 2.73. The Balaban J connectivity index is 1.74. The Morgan fingerprint density at radius 2 is 2.20 bits per heavy atom. The number of piperidine rings is 1. The smallest absolute Gasteiger partial charge is 0.243 e. The van der Waals surface area contributed by atoms with Crippen molar-refractivity contribution in [2.24, 2.45) is 5.92 Å². The van der Waals surface area contributed by atoms with Crippen LogP contribution in [0, 0.1) is 12.8 Å². The van der Waals surface area contributed by atoms with E-state index in [0.717, 1.165) is 39.0 Å². The van der Waals surface area contributed by atoms with Crippen LogP contribution < -0.4 is 5.32 Å². The Morgan fingerprint density at radius 3 is 2.85 bits per heavy atom. The van der Waals surface area contributed by atoms with Crippen LogP contribution in [0.4, 0.5) is 0 Å². The summed E-state index contributed by atoms with van der Waals surface area (Å²) in [6, 6.07) is 8.72. The summed E-state index contributed by atoms with van der Waals surface area (Å²) >= 11 is 0. The van der Waals surface area contributed by atoms with Crippen LogP contribution in [0.5, 0.6) is 0 Å². The molecule has 0 atom stereocenters. The molecular weight excluding hydrogens is 248 g/mol. The van der Waals surface area contributed by atoms with Gasteiger partial charge >= 0.3 is 0 Å². The van der Waals surface area contributed by atoms with E-state index in [0.29, 0.717) is 5.92 Å². The highest BCUT2D eigenvalue weighted by Crippen LogP contribution is 2.18. The van der Waals surface area contributed by atoms with Crippen LogP contribution in [-0.4, -0.2) is 30.4 Å². The van der Waals surface area contributed by atoms with Gasteiger partial charge in [-0.3, -0.25) is 9.69 Å². The van der Waals surface area contributed by atoms with E-state index in [4.69, 9.17) is 0 Å². The van der Waals surface area contributed by atoms with Gasteiger partial charge in [-0.2, -0.15) is 0 Å². The molecule has 1 amide bonds. The fourth-order valence-electron chi connectivity index (χ4n) is 2.73. The van der Waals surface area contributed by atoms with Crippen molar-refractivity contribution >= 4 is 5.91 Å². The SMILES string of the molecule is C=CC(=O)NCC1CCN(Cc2cccc(C)c2)CC1. The third-order valence-corrected chi connectivity index (χ3v) is 3.95. The number of likely N-dealkylation sites (tertiary alicyclic amines) is 1. The average molecular weight is 272 g/mol. The highest BCUT2D eigenvalue weighted by atomic mass is 16.1. The van der Waals surface area contributed by atoms with E-state index in [1.165, 1.54) is 17.2 Å². The summed E-state index contributed by atoms with van der Waals surface area (Å²) in [7, 11) is 0. The van der Waals surface area contributed by atoms with Crippen LogP contribution >= 0.6 is 0 Å². The van der Waals surface area contributed by atoms with Crippen LogP contribution in [0.2, 0.25) is 0 Å². The van der Waals surface area contributed by atoms with Gasteiger partial charge in [0.1, 0.15) is 0 Å². The van der Waals surface area contributed by atoms with Crippen LogP contribution in [-0.2, 0) is 11.3 Å². The van der Waals surface area contributed by atoms with Gasteiger partial charge in [0, 0.05) is 13.1 Å². The number of nitrogens with one attached hydrogen (secondary N) is 1. The molecule has 1 aliphatic heterocycles. The van der Waals surface area contributed by atoms with E-state index < -0.39 is 0 Å². The van der Waals surface area contributed by atoms with Crippen molar-refractivity contribution in [2.45, 2.75) is 26.3 Å². The van der Waals surface area contributed by atoms with E-state index in [2.05, 4.69) is 48.0 Å². The summed E-state index contributed by atoms with van der Waals surface area (Å²) in [5.41, 5.74) is 2.72. The molecule has 0 saturated carbocycles. The standard InChI is InChI=1S/C17H24N2O/c1-3-17(20)18-12-15-7-9-19(10-8-15)13-16-6-4-5-14(2)11-16/h3-6,11,15H,1,7-10,12-13H2,2H3,(H,18,20). The Morgan fingerprint density at radius 1 is 1.45 bits per heavy atom. The monoisotopic (exact) mass is 272 g/mol. The molecule has 2 rings (SSSR count). The summed E-state index contributed by atoms with van der Waals surface area (Å²) in [4.78, 5) is 13.7. The highest BCUT2D eigenvalue weighted by molar-refractivity contribution is 5.86. The second-order valence-corrected chi connectivity index (χ2v) is 5.66. The van der Waals surface area contributed by atoms with Gasteiger partial charge in [0.2, 0.25) is 5.91 Å². The molecule has 1 heterocycles. The number of nitrogens with zero attached hydrogens (tertiary/aromatic N) is 1. The fraction of sp³-hybridized carbons (Fsp3) is 0.471. The Labute approximate surface area is 121 Å². The van der Waals surface area contributed by atoms with Crippen molar-refractivity contribution < 1.29 is 4.79 Å². The van der Waals surface area contributed by atoms with Gasteiger partial charge < -0.3 is 5.32 Å². The largest absolute Gasteiger partial charge is 0.352 e. The topological polar surface area (TPSA) is 32.3 Å². The Bertz CT molecular complexity index is 462. The number of hydrogen-bond acceptors (Lipinski definition) is 2. The van der Waals surface area contributed by atoms with Crippen molar-refractivity contribution in [3.05, 3.63) is 48.0 Å². The second-order valence-electron chi connectivity index (χ2n) is 5.66. The molecule has 0 radical (unpaired) electrons. The quantitative estimate of drug-likeness (QED) is 0.835. The summed E-state index contributed by atoms with van der Waals surface area (Å²) in [5, 5.41) is 2.90. The molecule has 1 aromatic rings. The number of carbonyl (C=O) groups excluding carboxylic acids is 1. The highest BCUT2D eigenvalue weighted by Gasteiger charge is 2.19. The molecule has 1 N–H and O–H groups in total. The van der Waals surface area contributed by atoms with Crippen LogP contribution in [0.3, 0.4) is 0 Å². The third kappa shape index (κ3) is 4.49.